The number of hydrogen-bond donors (Lipinski definition) is 1. The molecule has 1 N–H and O–H groups in total. The highest BCUT2D eigenvalue weighted by atomic mass is 32.2. The van der Waals surface area contributed by atoms with Crippen LogP contribution in [-0.4, -0.2) is 56.9 Å². The molecule has 0 bridgehead atoms. The first-order valence-corrected chi connectivity index (χ1v) is 8.35. The molecule has 0 unspecified atom stereocenters. The van der Waals surface area contributed by atoms with Crippen molar-refractivity contribution >= 4 is 10.0 Å². The maximum atomic E-state index is 12.1. The summed E-state index contributed by atoms with van der Waals surface area (Å²) in [6.45, 7) is 8.87. The lowest BCUT2D eigenvalue weighted by atomic mass is 9.96. The Morgan fingerprint density at radius 3 is 2.28 bits per heavy atom. The lowest BCUT2D eigenvalue weighted by Crippen LogP contribution is -2.47. The minimum absolute atomic E-state index is 0.0422. The minimum atomic E-state index is -3.13. The molecule has 0 amide bonds. The molecule has 5 nitrogen and oxygen atoms in total. The van der Waals surface area contributed by atoms with Crippen molar-refractivity contribution in [2.45, 2.75) is 39.2 Å². The Hall–Kier alpha value is -0.170. The van der Waals surface area contributed by atoms with E-state index in [1.807, 2.05) is 0 Å². The zero-order valence-corrected chi connectivity index (χ0v) is 12.6. The molecule has 0 saturated carbocycles. The zero-order valence-electron chi connectivity index (χ0n) is 11.7. The molecule has 0 aromatic carbocycles. The van der Waals surface area contributed by atoms with E-state index in [0.29, 0.717) is 32.8 Å². The molecular weight excluding hydrogens is 252 g/mol. The monoisotopic (exact) mass is 278 g/mol. The first-order valence-electron chi connectivity index (χ1n) is 6.74. The highest BCUT2D eigenvalue weighted by molar-refractivity contribution is 7.89. The van der Waals surface area contributed by atoms with E-state index in [-0.39, 0.29) is 11.3 Å². The first-order chi connectivity index (χ1) is 8.43. The molecule has 0 atom stereocenters. The third-order valence-electron chi connectivity index (χ3n) is 3.84. The molecule has 0 aromatic rings. The quantitative estimate of drug-likeness (QED) is 0.749. The zero-order chi connectivity index (χ0) is 13.6. The number of morpholine rings is 1. The van der Waals surface area contributed by atoms with Crippen molar-refractivity contribution in [1.82, 2.24) is 9.62 Å². The Morgan fingerprint density at radius 2 is 1.78 bits per heavy atom. The van der Waals surface area contributed by atoms with Gasteiger partial charge in [0, 0.05) is 25.2 Å². The van der Waals surface area contributed by atoms with Crippen LogP contribution in [0.2, 0.25) is 0 Å². The van der Waals surface area contributed by atoms with Gasteiger partial charge in [-0.05, 0) is 19.8 Å². The van der Waals surface area contributed by atoms with Crippen LogP contribution in [0.1, 0.15) is 33.6 Å². The highest BCUT2D eigenvalue weighted by Gasteiger charge is 2.25. The molecule has 1 rings (SSSR count). The van der Waals surface area contributed by atoms with Gasteiger partial charge in [0.1, 0.15) is 0 Å². The van der Waals surface area contributed by atoms with Gasteiger partial charge in [-0.2, -0.15) is 4.31 Å². The normalized spacial score (nSPS) is 19.1. The van der Waals surface area contributed by atoms with E-state index in [1.54, 1.807) is 0 Å². The largest absolute Gasteiger partial charge is 0.379 e. The first kappa shape index (κ1) is 15.9. The molecule has 6 heteroatoms. The molecule has 0 spiro atoms. The van der Waals surface area contributed by atoms with Crippen molar-refractivity contribution in [3.05, 3.63) is 0 Å². The van der Waals surface area contributed by atoms with Gasteiger partial charge in [0.2, 0.25) is 10.0 Å². The van der Waals surface area contributed by atoms with Crippen LogP contribution in [0.3, 0.4) is 0 Å². The van der Waals surface area contributed by atoms with Crippen molar-refractivity contribution in [2.24, 2.45) is 0 Å². The van der Waals surface area contributed by atoms with Gasteiger partial charge in [-0.1, -0.05) is 13.8 Å². The lowest BCUT2D eigenvalue weighted by molar-refractivity contribution is 0.0730. The van der Waals surface area contributed by atoms with E-state index in [4.69, 9.17) is 4.74 Å². The number of sulfonamides is 1. The Bertz CT molecular complexity index is 333. The summed E-state index contributed by atoms with van der Waals surface area (Å²) in [6.07, 6.45) is 2.00. The summed E-state index contributed by atoms with van der Waals surface area (Å²) in [5, 5.41) is 3.35. The molecule has 1 saturated heterocycles. The molecule has 1 aliphatic rings. The second kappa shape index (κ2) is 6.84. The fourth-order valence-corrected chi connectivity index (χ4v) is 3.26. The van der Waals surface area contributed by atoms with Crippen molar-refractivity contribution in [1.29, 1.82) is 0 Å². The number of nitrogens with zero attached hydrogens (tertiary/aromatic N) is 1. The van der Waals surface area contributed by atoms with Crippen LogP contribution >= 0.6 is 0 Å². The van der Waals surface area contributed by atoms with Gasteiger partial charge in [0.05, 0.1) is 19.0 Å². The maximum Gasteiger partial charge on any atom is 0.215 e. The van der Waals surface area contributed by atoms with E-state index in [1.165, 1.54) is 4.31 Å². The fourth-order valence-electron chi connectivity index (χ4n) is 1.94. The van der Waals surface area contributed by atoms with Crippen molar-refractivity contribution in [3.63, 3.8) is 0 Å². The van der Waals surface area contributed by atoms with E-state index in [0.717, 1.165) is 12.8 Å². The number of ether oxygens (including phenoxy) is 1. The molecule has 0 radical (unpaired) electrons. The van der Waals surface area contributed by atoms with Gasteiger partial charge in [-0.25, -0.2) is 8.42 Å². The van der Waals surface area contributed by atoms with Crippen LogP contribution in [0.5, 0.6) is 0 Å². The van der Waals surface area contributed by atoms with E-state index in [9.17, 15) is 8.42 Å². The summed E-state index contributed by atoms with van der Waals surface area (Å²) in [5.41, 5.74) is 0.0422. The molecule has 0 aliphatic carbocycles. The summed E-state index contributed by atoms with van der Waals surface area (Å²) in [7, 11) is -3.13. The average Bonchev–Trinajstić information content (AvgIpc) is 2.39. The van der Waals surface area contributed by atoms with E-state index in [2.05, 4.69) is 26.1 Å². The standard InChI is InChI=1S/C12H26N2O3S/c1-4-12(3,5-2)13-6-11-18(15,16)14-7-9-17-10-8-14/h13H,4-11H2,1-3H3. The maximum absolute atomic E-state index is 12.1. The van der Waals surface area contributed by atoms with Crippen LogP contribution < -0.4 is 5.32 Å². The van der Waals surface area contributed by atoms with Crippen molar-refractivity contribution in [3.8, 4) is 0 Å². The lowest BCUT2D eigenvalue weighted by Gasteiger charge is -2.30. The van der Waals surface area contributed by atoms with Gasteiger partial charge in [0.25, 0.3) is 0 Å². The van der Waals surface area contributed by atoms with Gasteiger partial charge >= 0.3 is 0 Å². The number of nitrogens with one attached hydrogen (secondary N) is 1. The molecule has 1 fully saturated rings. The van der Waals surface area contributed by atoms with Gasteiger partial charge in [-0.15, -0.1) is 0 Å². The van der Waals surface area contributed by atoms with Crippen LogP contribution in [0.15, 0.2) is 0 Å². The topological polar surface area (TPSA) is 58.6 Å². The van der Waals surface area contributed by atoms with Gasteiger partial charge in [0.15, 0.2) is 0 Å². The Balaban J connectivity index is 2.42. The smallest absolute Gasteiger partial charge is 0.215 e. The molecule has 1 heterocycles. The molecule has 1 aliphatic heterocycles. The summed E-state index contributed by atoms with van der Waals surface area (Å²) < 4.78 is 30.9. The summed E-state index contributed by atoms with van der Waals surface area (Å²) in [4.78, 5) is 0. The molecule has 108 valence electrons. The second-order valence-corrected chi connectivity index (χ2v) is 7.11. The van der Waals surface area contributed by atoms with Crippen molar-refractivity contribution in [2.75, 3.05) is 38.6 Å². The van der Waals surface area contributed by atoms with Crippen LogP contribution in [0.4, 0.5) is 0 Å². The van der Waals surface area contributed by atoms with Crippen LogP contribution in [0, 0.1) is 0 Å². The number of rotatable bonds is 7. The van der Waals surface area contributed by atoms with Crippen LogP contribution in [-0.2, 0) is 14.8 Å². The Labute approximate surface area is 111 Å². The van der Waals surface area contributed by atoms with Gasteiger partial charge < -0.3 is 10.1 Å². The van der Waals surface area contributed by atoms with Crippen molar-refractivity contribution < 1.29 is 13.2 Å². The average molecular weight is 278 g/mol. The summed E-state index contributed by atoms with van der Waals surface area (Å²) >= 11 is 0. The molecular formula is C12H26N2O3S. The third kappa shape index (κ3) is 4.50. The number of hydrogen-bond acceptors (Lipinski definition) is 4. The summed E-state index contributed by atoms with van der Waals surface area (Å²) in [6, 6.07) is 0. The second-order valence-electron chi connectivity index (χ2n) is 5.02. The fraction of sp³-hybridized carbons (Fsp3) is 1.00. The minimum Gasteiger partial charge on any atom is -0.379 e. The highest BCUT2D eigenvalue weighted by Crippen LogP contribution is 2.13. The SMILES string of the molecule is CCC(C)(CC)NCCS(=O)(=O)N1CCOCC1. The molecule has 18 heavy (non-hydrogen) atoms. The van der Waals surface area contributed by atoms with Crippen LogP contribution in [0.25, 0.3) is 0 Å². The predicted molar refractivity (Wildman–Crippen MR) is 73.2 cm³/mol. The predicted octanol–water partition coefficient (Wildman–Crippen LogP) is 0.817. The summed E-state index contributed by atoms with van der Waals surface area (Å²) in [5.74, 6) is 0.169. The molecule has 0 aromatic heterocycles. The Kier molecular flexibility index (Phi) is 6.04. The third-order valence-corrected chi connectivity index (χ3v) is 5.71. The Morgan fingerprint density at radius 1 is 1.22 bits per heavy atom. The van der Waals surface area contributed by atoms with Gasteiger partial charge in [-0.3, -0.25) is 0 Å². The van der Waals surface area contributed by atoms with E-state index < -0.39 is 10.0 Å². The van der Waals surface area contributed by atoms with E-state index >= 15 is 0 Å².